The molecule has 0 aliphatic carbocycles. The minimum Gasteiger partial charge on any atom is -0.276 e. The van der Waals surface area contributed by atoms with Gasteiger partial charge in [0.2, 0.25) is 0 Å². The van der Waals surface area contributed by atoms with E-state index in [-0.39, 0.29) is 0 Å². The number of benzene rings is 3. The van der Waals surface area contributed by atoms with Gasteiger partial charge in [-0.25, -0.2) is 19.9 Å². The molecule has 40 heavy (non-hydrogen) atoms. The Morgan fingerprint density at radius 2 is 0.900 bits per heavy atom. The van der Waals surface area contributed by atoms with Crippen LogP contribution in [0.1, 0.15) is 22.3 Å². The lowest BCUT2D eigenvalue weighted by Crippen LogP contribution is -2.04. The van der Waals surface area contributed by atoms with Crippen LogP contribution >= 0.6 is 0 Å². The van der Waals surface area contributed by atoms with Crippen molar-refractivity contribution in [3.8, 4) is 34.2 Å². The van der Waals surface area contributed by atoms with Gasteiger partial charge in [0.15, 0.2) is 11.3 Å². The topological polar surface area (TPSA) is 61.4 Å². The smallest absolute Gasteiger partial charge is 0.164 e. The van der Waals surface area contributed by atoms with Crippen LogP contribution in [0.2, 0.25) is 0 Å². The van der Waals surface area contributed by atoms with Gasteiger partial charge in [0.1, 0.15) is 22.7 Å². The van der Waals surface area contributed by atoms with E-state index in [1.54, 1.807) is 0 Å². The van der Waals surface area contributed by atoms with Gasteiger partial charge in [-0.2, -0.15) is 0 Å². The molecule has 6 heteroatoms. The number of aryl methyl sites for hydroxylation is 4. The Kier molecular flexibility index (Phi) is 5.56. The van der Waals surface area contributed by atoms with Gasteiger partial charge in [-0.3, -0.25) is 9.13 Å². The van der Waals surface area contributed by atoms with Crippen molar-refractivity contribution in [3.63, 3.8) is 0 Å². The van der Waals surface area contributed by atoms with E-state index < -0.39 is 0 Å². The van der Waals surface area contributed by atoms with Crippen molar-refractivity contribution < 1.29 is 0 Å². The summed E-state index contributed by atoms with van der Waals surface area (Å²) < 4.78 is 4.36. The minimum atomic E-state index is 0.848. The predicted octanol–water partition coefficient (Wildman–Crippen LogP) is 7.72. The molecule has 194 valence electrons. The summed E-state index contributed by atoms with van der Waals surface area (Å²) in [6.45, 7) is 8.54. The summed E-state index contributed by atoms with van der Waals surface area (Å²) in [5, 5.41) is 0. The molecule has 0 saturated carbocycles. The molecule has 0 unspecified atom stereocenters. The molecule has 0 aliphatic rings. The van der Waals surface area contributed by atoms with Crippen molar-refractivity contribution in [1.82, 2.24) is 29.1 Å². The molecule has 0 N–H and O–H groups in total. The largest absolute Gasteiger partial charge is 0.276 e. The minimum absolute atomic E-state index is 0.848. The predicted molar refractivity (Wildman–Crippen MR) is 161 cm³/mol. The average Bonchev–Trinajstić information content (AvgIpc) is 3.53. The highest BCUT2D eigenvalue weighted by molar-refractivity contribution is 5.85. The maximum Gasteiger partial charge on any atom is 0.164 e. The fourth-order valence-corrected chi connectivity index (χ4v) is 5.57. The molecule has 0 bridgehead atoms. The van der Waals surface area contributed by atoms with Crippen molar-refractivity contribution in [1.29, 1.82) is 0 Å². The molecule has 0 aliphatic heterocycles. The zero-order valence-electron chi connectivity index (χ0n) is 22.9. The number of imidazole rings is 2. The van der Waals surface area contributed by atoms with Gasteiger partial charge in [-0.1, -0.05) is 36.4 Å². The molecular formula is C34H28N6. The first-order chi connectivity index (χ1) is 19.5. The summed E-state index contributed by atoms with van der Waals surface area (Å²) in [5.74, 6) is 1.76. The molecule has 0 atom stereocenters. The van der Waals surface area contributed by atoms with Crippen LogP contribution in [0.15, 0.2) is 97.3 Å². The molecule has 0 fully saturated rings. The van der Waals surface area contributed by atoms with Gasteiger partial charge >= 0.3 is 0 Å². The van der Waals surface area contributed by atoms with Gasteiger partial charge in [0.05, 0.1) is 11.4 Å². The summed E-state index contributed by atoms with van der Waals surface area (Å²) in [7, 11) is 0. The molecule has 0 spiro atoms. The van der Waals surface area contributed by atoms with Crippen LogP contribution in [0.3, 0.4) is 0 Å². The van der Waals surface area contributed by atoms with Crippen LogP contribution in [0.4, 0.5) is 0 Å². The SMILES string of the molecule is Cc1cc(-c2nc3cccnc3n2-c2ccccc2C)c(C)cc1-c1nc2cccnc2n1-c1ccccc1C. The Bertz CT molecular complexity index is 1910. The Labute approximate surface area is 232 Å². The second kappa shape index (κ2) is 9.27. The Hall–Kier alpha value is -5.10. The quantitative estimate of drug-likeness (QED) is 0.238. The Morgan fingerprint density at radius 1 is 0.475 bits per heavy atom. The highest BCUT2D eigenvalue weighted by Gasteiger charge is 2.22. The summed E-state index contributed by atoms with van der Waals surface area (Å²) in [6, 6.07) is 29.1. The molecule has 7 rings (SSSR count). The standard InChI is InChI=1S/C34H28N6/c1-21-11-5-7-15-29(21)39-31(37-27-13-9-17-35-33(27)39)25-19-24(4)26(20-23(25)3)32-38-28-14-10-18-36-34(28)40(32)30-16-8-6-12-22(30)2/h5-20H,1-4H3. The van der Waals surface area contributed by atoms with E-state index in [0.717, 1.165) is 67.6 Å². The lowest BCUT2D eigenvalue weighted by Gasteiger charge is -2.17. The normalized spacial score (nSPS) is 11.5. The van der Waals surface area contributed by atoms with Crippen LogP contribution in [0.25, 0.3) is 56.5 Å². The zero-order chi connectivity index (χ0) is 27.4. The first kappa shape index (κ1) is 24.0. The molecular weight excluding hydrogens is 492 g/mol. The van der Waals surface area contributed by atoms with Crippen molar-refractivity contribution >= 4 is 22.3 Å². The van der Waals surface area contributed by atoms with Crippen LogP contribution in [-0.2, 0) is 0 Å². The third-order valence-corrected chi connectivity index (χ3v) is 7.60. The summed E-state index contributed by atoms with van der Waals surface area (Å²) in [5.41, 5.74) is 12.3. The summed E-state index contributed by atoms with van der Waals surface area (Å²) in [4.78, 5) is 19.6. The van der Waals surface area contributed by atoms with Gasteiger partial charge in [-0.15, -0.1) is 0 Å². The van der Waals surface area contributed by atoms with Crippen LogP contribution < -0.4 is 0 Å². The van der Waals surface area contributed by atoms with Gasteiger partial charge in [-0.05, 0) is 98.5 Å². The molecule has 4 heterocycles. The fraction of sp³-hybridized carbons (Fsp3) is 0.118. The maximum atomic E-state index is 5.09. The number of fused-ring (bicyclic) bond motifs is 2. The molecule has 6 nitrogen and oxygen atoms in total. The second-order valence-corrected chi connectivity index (χ2v) is 10.3. The van der Waals surface area contributed by atoms with Gasteiger partial charge < -0.3 is 0 Å². The van der Waals surface area contributed by atoms with E-state index in [0.29, 0.717) is 0 Å². The molecule has 7 aromatic rings. The molecule has 4 aromatic heterocycles. The van der Waals surface area contributed by atoms with Crippen molar-refractivity contribution in [2.75, 3.05) is 0 Å². The lowest BCUT2D eigenvalue weighted by molar-refractivity contribution is 1.05. The van der Waals surface area contributed by atoms with Gasteiger partial charge in [0, 0.05) is 23.5 Å². The number of hydrogen-bond donors (Lipinski definition) is 0. The fourth-order valence-electron chi connectivity index (χ4n) is 5.57. The number of pyridine rings is 2. The third kappa shape index (κ3) is 3.72. The monoisotopic (exact) mass is 520 g/mol. The molecule has 0 radical (unpaired) electrons. The number of rotatable bonds is 4. The van der Waals surface area contributed by atoms with Crippen molar-refractivity contribution in [3.05, 3.63) is 120 Å². The van der Waals surface area contributed by atoms with Gasteiger partial charge in [0.25, 0.3) is 0 Å². The number of nitrogens with zero attached hydrogens (tertiary/aromatic N) is 6. The lowest BCUT2D eigenvalue weighted by atomic mass is 9.98. The van der Waals surface area contributed by atoms with E-state index in [4.69, 9.17) is 19.9 Å². The van der Waals surface area contributed by atoms with Crippen LogP contribution in [0, 0.1) is 27.7 Å². The van der Waals surface area contributed by atoms with Crippen molar-refractivity contribution in [2.24, 2.45) is 0 Å². The maximum absolute atomic E-state index is 5.09. The first-order valence-corrected chi connectivity index (χ1v) is 13.4. The zero-order valence-corrected chi connectivity index (χ0v) is 22.9. The molecule has 3 aromatic carbocycles. The Morgan fingerprint density at radius 3 is 1.32 bits per heavy atom. The van der Waals surface area contributed by atoms with E-state index in [1.807, 2.05) is 36.7 Å². The summed E-state index contributed by atoms with van der Waals surface area (Å²) in [6.07, 6.45) is 3.65. The molecule has 0 saturated heterocycles. The second-order valence-electron chi connectivity index (χ2n) is 10.3. The van der Waals surface area contributed by atoms with E-state index in [2.05, 4.69) is 97.5 Å². The van der Waals surface area contributed by atoms with Crippen LogP contribution in [-0.4, -0.2) is 29.1 Å². The molecule has 0 amide bonds. The van der Waals surface area contributed by atoms with Crippen LogP contribution in [0.5, 0.6) is 0 Å². The Balaban J connectivity index is 1.47. The summed E-state index contributed by atoms with van der Waals surface area (Å²) >= 11 is 0. The van der Waals surface area contributed by atoms with Crippen molar-refractivity contribution in [2.45, 2.75) is 27.7 Å². The highest BCUT2D eigenvalue weighted by atomic mass is 15.1. The van der Waals surface area contributed by atoms with E-state index in [9.17, 15) is 0 Å². The highest BCUT2D eigenvalue weighted by Crippen LogP contribution is 2.36. The van der Waals surface area contributed by atoms with E-state index >= 15 is 0 Å². The average molecular weight is 521 g/mol. The number of para-hydroxylation sites is 2. The number of hydrogen-bond acceptors (Lipinski definition) is 4. The first-order valence-electron chi connectivity index (χ1n) is 13.4. The number of aromatic nitrogens is 6. The van der Waals surface area contributed by atoms with E-state index in [1.165, 1.54) is 11.1 Å². The third-order valence-electron chi connectivity index (χ3n) is 7.60.